The van der Waals surface area contributed by atoms with Crippen molar-refractivity contribution in [1.29, 1.82) is 0 Å². The number of rotatable bonds is 52. The van der Waals surface area contributed by atoms with Gasteiger partial charge in [-0.15, -0.1) is 0 Å². The van der Waals surface area contributed by atoms with Crippen LogP contribution in [0.5, 0.6) is 0 Å². The van der Waals surface area contributed by atoms with E-state index in [-0.39, 0.29) is 0 Å². The Kier molecular flexibility index (Phi) is 51.3. The molecule has 0 aromatic heterocycles. The first-order valence-electron chi connectivity index (χ1n) is 28.4. The maximum atomic E-state index is 12.6. The molecule has 0 heterocycles. The lowest BCUT2D eigenvalue weighted by Gasteiger charge is -2.27. The Labute approximate surface area is 398 Å². The molecule has 0 fully saturated rings. The molecule has 4 atom stereocenters. The molecule has 64 heavy (non-hydrogen) atoms. The molecule has 0 rings (SSSR count). The van der Waals surface area contributed by atoms with Gasteiger partial charge in [0.2, 0.25) is 5.91 Å². The number of unbranched alkanes of at least 4 members (excludes halogenated alkanes) is 37. The molecule has 0 aliphatic heterocycles. The van der Waals surface area contributed by atoms with Crippen molar-refractivity contribution >= 4 is 5.91 Å². The summed E-state index contributed by atoms with van der Waals surface area (Å²) in [4.78, 5) is 12.6. The highest BCUT2D eigenvalue weighted by Crippen LogP contribution is 2.17. The molecule has 6 nitrogen and oxygen atoms in total. The van der Waals surface area contributed by atoms with Gasteiger partial charge in [0.1, 0.15) is 12.2 Å². The minimum atomic E-state index is -1.29. The lowest BCUT2D eigenvalue weighted by Crippen LogP contribution is -2.53. The maximum absolute atomic E-state index is 12.6. The van der Waals surface area contributed by atoms with Crippen molar-refractivity contribution in [3.63, 3.8) is 0 Å². The molecule has 0 saturated heterocycles. The van der Waals surface area contributed by atoms with E-state index >= 15 is 0 Å². The van der Waals surface area contributed by atoms with Crippen LogP contribution < -0.4 is 5.32 Å². The van der Waals surface area contributed by atoms with Crippen molar-refractivity contribution in [2.45, 2.75) is 321 Å². The quantitative estimate of drug-likeness (QED) is 0.0309. The second kappa shape index (κ2) is 52.5. The fourth-order valence-corrected chi connectivity index (χ4v) is 8.83. The van der Waals surface area contributed by atoms with Gasteiger partial charge in [-0.25, -0.2) is 0 Å². The monoisotopic (exact) mass is 902 g/mol. The molecule has 378 valence electrons. The number of hydrogen-bond donors (Lipinski definition) is 5. The molecule has 6 heteroatoms. The first-order valence-corrected chi connectivity index (χ1v) is 28.4. The zero-order valence-corrected chi connectivity index (χ0v) is 42.8. The van der Waals surface area contributed by atoms with Crippen LogP contribution in [0.3, 0.4) is 0 Å². The fraction of sp³-hybridized carbons (Fsp3) is 0.879. The van der Waals surface area contributed by atoms with Crippen LogP contribution >= 0.6 is 0 Å². The van der Waals surface area contributed by atoms with E-state index in [1.54, 1.807) is 0 Å². The van der Waals surface area contributed by atoms with Crippen LogP contribution in [0.25, 0.3) is 0 Å². The summed E-state index contributed by atoms with van der Waals surface area (Å²) >= 11 is 0. The molecule has 0 saturated carbocycles. The van der Waals surface area contributed by atoms with Crippen LogP contribution in [0.15, 0.2) is 36.5 Å². The number of aliphatic hydroxyl groups excluding tert-OH is 4. The number of allylic oxidation sites excluding steroid dienone is 6. The van der Waals surface area contributed by atoms with E-state index in [9.17, 15) is 25.2 Å². The Morgan fingerprint density at radius 3 is 0.984 bits per heavy atom. The lowest BCUT2D eigenvalue weighted by atomic mass is 10.00. The molecule has 0 radical (unpaired) electrons. The molecule has 5 N–H and O–H groups in total. The van der Waals surface area contributed by atoms with Gasteiger partial charge in [-0.2, -0.15) is 0 Å². The predicted molar refractivity (Wildman–Crippen MR) is 279 cm³/mol. The van der Waals surface area contributed by atoms with Gasteiger partial charge in [0, 0.05) is 0 Å². The topological polar surface area (TPSA) is 110 Å². The van der Waals surface area contributed by atoms with Gasteiger partial charge in [0.15, 0.2) is 0 Å². The summed E-state index contributed by atoms with van der Waals surface area (Å²) < 4.78 is 0. The van der Waals surface area contributed by atoms with Gasteiger partial charge < -0.3 is 25.7 Å². The Bertz CT molecular complexity index is 1010. The Balaban J connectivity index is 3.67. The third-order valence-electron chi connectivity index (χ3n) is 13.3. The second-order valence-corrected chi connectivity index (χ2v) is 19.6. The summed E-state index contributed by atoms with van der Waals surface area (Å²) in [5.74, 6) is -0.595. The highest BCUT2D eigenvalue weighted by atomic mass is 16.3. The molecule has 4 unspecified atom stereocenters. The number of hydrogen-bond acceptors (Lipinski definition) is 5. The van der Waals surface area contributed by atoms with Crippen molar-refractivity contribution in [2.75, 3.05) is 6.61 Å². The van der Waals surface area contributed by atoms with Crippen molar-refractivity contribution in [3.05, 3.63) is 36.5 Å². The molecule has 1 amide bonds. The van der Waals surface area contributed by atoms with E-state index in [2.05, 4.69) is 55.6 Å². The first kappa shape index (κ1) is 62.5. The van der Waals surface area contributed by atoms with Gasteiger partial charge in [-0.3, -0.25) is 4.79 Å². The van der Waals surface area contributed by atoms with E-state index < -0.39 is 36.9 Å². The van der Waals surface area contributed by atoms with Crippen LogP contribution in [0.4, 0.5) is 0 Å². The van der Waals surface area contributed by atoms with E-state index in [1.807, 2.05) is 0 Å². The van der Waals surface area contributed by atoms with Gasteiger partial charge in [-0.05, 0) is 77.0 Å². The zero-order valence-electron chi connectivity index (χ0n) is 42.8. The van der Waals surface area contributed by atoms with Crippen molar-refractivity contribution in [3.8, 4) is 0 Å². The minimum absolute atomic E-state index is 0.360. The number of amides is 1. The fourth-order valence-electron chi connectivity index (χ4n) is 8.83. The Hall–Kier alpha value is -1.47. The van der Waals surface area contributed by atoms with Crippen LogP contribution in [-0.2, 0) is 4.79 Å². The first-order chi connectivity index (χ1) is 31.5. The van der Waals surface area contributed by atoms with Gasteiger partial charge in [0.05, 0.1) is 18.8 Å². The Morgan fingerprint density at radius 1 is 0.375 bits per heavy atom. The minimum Gasteiger partial charge on any atom is -0.394 e. The van der Waals surface area contributed by atoms with E-state index in [0.29, 0.717) is 19.3 Å². The molecular formula is C58H111NO5. The van der Waals surface area contributed by atoms with E-state index in [4.69, 9.17) is 0 Å². The summed E-state index contributed by atoms with van der Waals surface area (Å²) in [5, 5.41) is 43.9. The smallest absolute Gasteiger partial charge is 0.249 e. The molecular weight excluding hydrogens is 791 g/mol. The highest BCUT2D eigenvalue weighted by molar-refractivity contribution is 5.80. The number of carbonyl (C=O) groups is 1. The summed E-state index contributed by atoms with van der Waals surface area (Å²) in [5.41, 5.74) is 0. The number of aliphatic hydroxyl groups is 4. The SMILES string of the molecule is CCCCCCCCCCCCCC/C=C\CCCCCCCCCCCCCC(O)C(=O)NC(CO)C(O)C(O)CCC/C=C/CC/C=C/CCCCCCCCCCCCCC. The van der Waals surface area contributed by atoms with E-state index in [0.717, 1.165) is 38.5 Å². The largest absolute Gasteiger partial charge is 0.394 e. The molecule has 0 aromatic rings. The van der Waals surface area contributed by atoms with Gasteiger partial charge >= 0.3 is 0 Å². The Morgan fingerprint density at radius 2 is 0.656 bits per heavy atom. The highest BCUT2D eigenvalue weighted by Gasteiger charge is 2.28. The predicted octanol–water partition coefficient (Wildman–Crippen LogP) is 16.4. The third-order valence-corrected chi connectivity index (χ3v) is 13.3. The third kappa shape index (κ3) is 45.7. The molecule has 0 spiro atoms. The molecule has 0 aromatic carbocycles. The van der Waals surface area contributed by atoms with Crippen LogP contribution in [0.1, 0.15) is 296 Å². The van der Waals surface area contributed by atoms with Crippen molar-refractivity contribution in [2.24, 2.45) is 0 Å². The lowest BCUT2D eigenvalue weighted by molar-refractivity contribution is -0.132. The summed E-state index contributed by atoms with van der Waals surface area (Å²) in [6.07, 6.45) is 65.0. The van der Waals surface area contributed by atoms with Gasteiger partial charge in [0.25, 0.3) is 0 Å². The molecule has 0 aliphatic carbocycles. The maximum Gasteiger partial charge on any atom is 0.249 e. The zero-order chi connectivity index (χ0) is 46.7. The van der Waals surface area contributed by atoms with Crippen molar-refractivity contribution < 1.29 is 25.2 Å². The van der Waals surface area contributed by atoms with Crippen LogP contribution in [0.2, 0.25) is 0 Å². The second-order valence-electron chi connectivity index (χ2n) is 19.6. The van der Waals surface area contributed by atoms with Crippen molar-refractivity contribution in [1.82, 2.24) is 5.32 Å². The molecule has 0 aliphatic rings. The van der Waals surface area contributed by atoms with Crippen LogP contribution in [0, 0.1) is 0 Å². The number of nitrogens with one attached hydrogen (secondary N) is 1. The summed E-state index contributed by atoms with van der Waals surface area (Å²) in [7, 11) is 0. The number of carbonyl (C=O) groups excluding carboxylic acids is 1. The normalized spacial score (nSPS) is 14.0. The van der Waals surface area contributed by atoms with E-state index in [1.165, 1.54) is 225 Å². The summed E-state index contributed by atoms with van der Waals surface area (Å²) in [6.45, 7) is 4.07. The van der Waals surface area contributed by atoms with Crippen LogP contribution in [-0.4, -0.2) is 57.3 Å². The summed E-state index contributed by atoms with van der Waals surface area (Å²) in [6, 6.07) is -1.01. The average molecular weight is 903 g/mol. The average Bonchev–Trinajstić information content (AvgIpc) is 3.30. The molecule has 0 bridgehead atoms. The standard InChI is InChI=1S/C58H111NO5/c1-3-5-7-9-11-13-15-17-19-21-23-25-26-27-28-29-30-32-34-36-38-40-42-44-46-48-50-52-56(62)58(64)59-54(53-60)57(63)55(61)51-49-47-45-43-41-39-37-35-33-31-24-22-20-18-16-14-12-10-8-6-4-2/h27-28,35,37,43,45,54-57,60-63H,3-26,29-34,36,38-42,44,46-53H2,1-2H3,(H,59,64)/b28-27-,37-35+,45-43+. The van der Waals surface area contributed by atoms with Gasteiger partial charge in [-0.1, -0.05) is 256 Å².